The van der Waals surface area contributed by atoms with E-state index in [1.165, 1.54) is 11.1 Å². The van der Waals surface area contributed by atoms with Crippen LogP contribution < -0.4 is 5.32 Å². The number of likely N-dealkylation sites (N-methyl/N-ethyl adjacent to an activating group) is 1. The topological polar surface area (TPSA) is 41.6 Å². The lowest BCUT2D eigenvalue weighted by Gasteiger charge is -2.25. The van der Waals surface area contributed by atoms with E-state index in [2.05, 4.69) is 48.3 Å². The third-order valence-electron chi connectivity index (χ3n) is 4.16. The van der Waals surface area contributed by atoms with Crippen molar-refractivity contribution in [1.29, 1.82) is 0 Å². The molecular formula is C17H26N2O2. The highest BCUT2D eigenvalue weighted by Crippen LogP contribution is 2.18. The highest BCUT2D eigenvalue weighted by atomic mass is 16.5. The van der Waals surface area contributed by atoms with Gasteiger partial charge in [-0.05, 0) is 39.3 Å². The number of hydrogen-bond acceptors (Lipinski definition) is 3. The molecule has 1 aromatic rings. The van der Waals surface area contributed by atoms with E-state index in [0.29, 0.717) is 13.1 Å². The molecule has 2 rings (SSSR count). The van der Waals surface area contributed by atoms with Gasteiger partial charge < -0.3 is 10.1 Å². The Morgan fingerprint density at radius 1 is 1.43 bits per heavy atom. The molecule has 1 amide bonds. The van der Waals surface area contributed by atoms with Crippen LogP contribution in [0.5, 0.6) is 0 Å². The standard InChI is InChI=1S/C17H26N2O2/c1-13-6-8-15(9-7-13)14(2)19(3)12-17(20)18-11-16-5-4-10-21-16/h6-9,14,16H,4-5,10-12H2,1-3H3,(H,18,20). The van der Waals surface area contributed by atoms with Gasteiger partial charge in [0.2, 0.25) is 5.91 Å². The first-order chi connectivity index (χ1) is 10.1. The fourth-order valence-corrected chi connectivity index (χ4v) is 2.55. The average Bonchev–Trinajstić information content (AvgIpc) is 2.98. The Hall–Kier alpha value is -1.39. The summed E-state index contributed by atoms with van der Waals surface area (Å²) in [4.78, 5) is 14.1. The molecule has 1 saturated heterocycles. The molecule has 0 radical (unpaired) electrons. The maximum Gasteiger partial charge on any atom is 0.234 e. The Balaban J connectivity index is 1.77. The predicted octanol–water partition coefficient (Wildman–Crippen LogP) is 2.28. The van der Waals surface area contributed by atoms with Crippen molar-refractivity contribution in [3.05, 3.63) is 35.4 Å². The second-order valence-electron chi connectivity index (χ2n) is 5.94. The van der Waals surface area contributed by atoms with Crippen LogP contribution in [-0.2, 0) is 9.53 Å². The van der Waals surface area contributed by atoms with Crippen LogP contribution >= 0.6 is 0 Å². The lowest BCUT2D eigenvalue weighted by Crippen LogP contribution is -2.39. The first kappa shape index (κ1) is 16.0. The summed E-state index contributed by atoms with van der Waals surface area (Å²) in [5.41, 5.74) is 2.48. The van der Waals surface area contributed by atoms with Crippen molar-refractivity contribution in [1.82, 2.24) is 10.2 Å². The Labute approximate surface area is 127 Å². The minimum absolute atomic E-state index is 0.0620. The van der Waals surface area contributed by atoms with E-state index in [9.17, 15) is 4.79 Å². The highest BCUT2D eigenvalue weighted by molar-refractivity contribution is 5.78. The fraction of sp³-hybridized carbons (Fsp3) is 0.588. The van der Waals surface area contributed by atoms with Gasteiger partial charge in [0.05, 0.1) is 12.6 Å². The SMILES string of the molecule is Cc1ccc(C(C)N(C)CC(=O)NCC2CCCO2)cc1. The molecule has 116 valence electrons. The number of rotatable bonds is 6. The second kappa shape index (κ2) is 7.57. The van der Waals surface area contributed by atoms with Gasteiger partial charge in [-0.25, -0.2) is 0 Å². The first-order valence-electron chi connectivity index (χ1n) is 7.71. The zero-order valence-corrected chi connectivity index (χ0v) is 13.3. The van der Waals surface area contributed by atoms with Gasteiger partial charge in [-0.15, -0.1) is 0 Å². The van der Waals surface area contributed by atoms with Crippen LogP contribution in [-0.4, -0.2) is 43.7 Å². The number of aryl methyl sites for hydroxylation is 1. The monoisotopic (exact) mass is 290 g/mol. The quantitative estimate of drug-likeness (QED) is 0.874. The lowest BCUT2D eigenvalue weighted by molar-refractivity contribution is -0.122. The molecule has 0 spiro atoms. The van der Waals surface area contributed by atoms with Crippen molar-refractivity contribution < 1.29 is 9.53 Å². The highest BCUT2D eigenvalue weighted by Gasteiger charge is 2.18. The van der Waals surface area contributed by atoms with E-state index in [0.717, 1.165) is 19.4 Å². The Morgan fingerprint density at radius 2 is 2.14 bits per heavy atom. The van der Waals surface area contributed by atoms with Gasteiger partial charge in [0.15, 0.2) is 0 Å². The molecule has 4 nitrogen and oxygen atoms in total. The molecule has 0 aromatic heterocycles. The molecule has 1 aliphatic rings. The van der Waals surface area contributed by atoms with Crippen molar-refractivity contribution in [2.75, 3.05) is 26.7 Å². The van der Waals surface area contributed by atoms with E-state index in [4.69, 9.17) is 4.74 Å². The molecular weight excluding hydrogens is 264 g/mol. The van der Waals surface area contributed by atoms with Gasteiger partial charge in [-0.1, -0.05) is 29.8 Å². The van der Waals surface area contributed by atoms with Crippen molar-refractivity contribution in [2.24, 2.45) is 0 Å². The third-order valence-corrected chi connectivity index (χ3v) is 4.16. The summed E-state index contributed by atoms with van der Waals surface area (Å²) in [6, 6.07) is 8.69. The predicted molar refractivity (Wildman–Crippen MR) is 84.2 cm³/mol. The summed E-state index contributed by atoms with van der Waals surface area (Å²) < 4.78 is 5.51. The molecule has 0 bridgehead atoms. The minimum atomic E-state index is 0.0620. The normalized spacial score (nSPS) is 19.7. The van der Waals surface area contributed by atoms with Crippen molar-refractivity contribution >= 4 is 5.91 Å². The smallest absolute Gasteiger partial charge is 0.234 e. The Bertz CT molecular complexity index is 452. The molecule has 4 heteroatoms. The summed E-state index contributed by atoms with van der Waals surface area (Å²) >= 11 is 0. The van der Waals surface area contributed by atoms with Crippen LogP contribution in [0.2, 0.25) is 0 Å². The molecule has 1 fully saturated rings. The summed E-state index contributed by atoms with van der Waals surface area (Å²) in [6.45, 7) is 6.06. The van der Waals surface area contributed by atoms with Gasteiger partial charge in [-0.2, -0.15) is 0 Å². The fourth-order valence-electron chi connectivity index (χ4n) is 2.55. The van der Waals surface area contributed by atoms with Gasteiger partial charge in [0.1, 0.15) is 0 Å². The van der Waals surface area contributed by atoms with Crippen LogP contribution in [0.1, 0.15) is 36.9 Å². The van der Waals surface area contributed by atoms with Gasteiger partial charge in [0.25, 0.3) is 0 Å². The first-order valence-corrected chi connectivity index (χ1v) is 7.71. The molecule has 1 N–H and O–H groups in total. The number of carbonyl (C=O) groups excluding carboxylic acids is 1. The average molecular weight is 290 g/mol. The number of amides is 1. The molecule has 1 aliphatic heterocycles. The second-order valence-corrected chi connectivity index (χ2v) is 5.94. The maximum atomic E-state index is 12.0. The molecule has 2 unspecified atom stereocenters. The summed E-state index contributed by atoms with van der Waals surface area (Å²) in [5, 5.41) is 2.97. The van der Waals surface area contributed by atoms with E-state index in [1.54, 1.807) is 0 Å². The Morgan fingerprint density at radius 3 is 2.76 bits per heavy atom. The van der Waals surface area contributed by atoms with Gasteiger partial charge in [0, 0.05) is 19.2 Å². The minimum Gasteiger partial charge on any atom is -0.376 e. The summed E-state index contributed by atoms with van der Waals surface area (Å²) in [7, 11) is 1.98. The third kappa shape index (κ3) is 4.83. The zero-order chi connectivity index (χ0) is 15.2. The Kier molecular flexibility index (Phi) is 5.76. The van der Waals surface area contributed by atoms with E-state index in [1.807, 2.05) is 7.05 Å². The molecule has 0 saturated carbocycles. The van der Waals surface area contributed by atoms with Crippen molar-refractivity contribution in [3.63, 3.8) is 0 Å². The number of nitrogens with one attached hydrogen (secondary N) is 1. The van der Waals surface area contributed by atoms with Crippen LogP contribution in [0.3, 0.4) is 0 Å². The largest absolute Gasteiger partial charge is 0.376 e. The van der Waals surface area contributed by atoms with E-state index in [-0.39, 0.29) is 18.1 Å². The summed E-state index contributed by atoms with van der Waals surface area (Å²) in [6.07, 6.45) is 2.36. The van der Waals surface area contributed by atoms with Crippen LogP contribution in [0.15, 0.2) is 24.3 Å². The molecule has 1 aromatic carbocycles. The van der Waals surface area contributed by atoms with Gasteiger partial charge in [-0.3, -0.25) is 9.69 Å². The van der Waals surface area contributed by atoms with Crippen LogP contribution in [0.25, 0.3) is 0 Å². The number of ether oxygens (including phenoxy) is 1. The van der Waals surface area contributed by atoms with Crippen molar-refractivity contribution in [3.8, 4) is 0 Å². The van der Waals surface area contributed by atoms with Crippen molar-refractivity contribution in [2.45, 2.75) is 38.8 Å². The zero-order valence-electron chi connectivity index (χ0n) is 13.3. The molecule has 2 atom stereocenters. The van der Waals surface area contributed by atoms with Crippen LogP contribution in [0, 0.1) is 6.92 Å². The van der Waals surface area contributed by atoms with Gasteiger partial charge >= 0.3 is 0 Å². The van der Waals surface area contributed by atoms with Crippen LogP contribution in [0.4, 0.5) is 0 Å². The molecule has 0 aliphatic carbocycles. The van der Waals surface area contributed by atoms with E-state index >= 15 is 0 Å². The summed E-state index contributed by atoms with van der Waals surface area (Å²) in [5.74, 6) is 0.0620. The number of hydrogen-bond donors (Lipinski definition) is 1. The lowest BCUT2D eigenvalue weighted by atomic mass is 10.1. The molecule has 21 heavy (non-hydrogen) atoms. The number of nitrogens with zero attached hydrogens (tertiary/aromatic N) is 1. The van der Waals surface area contributed by atoms with E-state index < -0.39 is 0 Å². The number of benzene rings is 1. The molecule has 1 heterocycles. The maximum absolute atomic E-state index is 12.0. The number of carbonyl (C=O) groups is 1.